The van der Waals surface area contributed by atoms with Crippen LogP contribution in [0.25, 0.3) is 5.69 Å². The second-order valence-electron chi connectivity index (χ2n) is 7.11. The number of ether oxygens (including phenoxy) is 1. The van der Waals surface area contributed by atoms with E-state index in [1.54, 1.807) is 0 Å². The molecule has 1 saturated heterocycles. The summed E-state index contributed by atoms with van der Waals surface area (Å²) in [6.07, 6.45) is 6.46. The summed E-state index contributed by atoms with van der Waals surface area (Å²) in [5.74, 6) is 1.56. The summed E-state index contributed by atoms with van der Waals surface area (Å²) in [4.78, 5) is 2.35. The summed E-state index contributed by atoms with van der Waals surface area (Å²) in [5, 5.41) is 5.51. The Bertz CT molecular complexity index is 755. The van der Waals surface area contributed by atoms with Gasteiger partial charge in [-0.25, -0.2) is 4.68 Å². The molecule has 0 atom stereocenters. The third-order valence-electron chi connectivity index (χ3n) is 4.76. The number of aromatic nitrogens is 2. The minimum Gasteiger partial charge on any atom is -0.469 e. The van der Waals surface area contributed by atoms with Crippen LogP contribution in [0.4, 0.5) is 0 Å². The Morgan fingerprint density at radius 1 is 1.12 bits per heavy atom. The third kappa shape index (κ3) is 3.03. The van der Waals surface area contributed by atoms with Crippen molar-refractivity contribution < 1.29 is 4.74 Å². The van der Waals surface area contributed by atoms with E-state index in [9.17, 15) is 0 Å². The van der Waals surface area contributed by atoms with E-state index in [0.717, 1.165) is 42.5 Å². The van der Waals surface area contributed by atoms with Crippen LogP contribution >= 0.6 is 11.6 Å². The van der Waals surface area contributed by atoms with E-state index in [0.29, 0.717) is 5.92 Å². The standard InChI is InChI=1S/C19H22ClN3O/c1-19(2)13-18(24-19)22-10-7-14(8-11-22)17-9-12-23(21-17)16-5-3-15(20)4-6-16/h3-6,9,12-14H,7-8,10-11H2,1-2H3. The molecule has 2 aliphatic heterocycles. The van der Waals surface area contributed by atoms with Crippen molar-refractivity contribution in [3.8, 4) is 5.69 Å². The Morgan fingerprint density at radius 2 is 1.79 bits per heavy atom. The van der Waals surface area contributed by atoms with Crippen molar-refractivity contribution in [1.29, 1.82) is 0 Å². The zero-order valence-electron chi connectivity index (χ0n) is 14.1. The zero-order chi connectivity index (χ0) is 16.7. The van der Waals surface area contributed by atoms with Crippen LogP contribution in [0, 0.1) is 0 Å². The number of rotatable bonds is 3. The van der Waals surface area contributed by atoms with Crippen LogP contribution < -0.4 is 0 Å². The summed E-state index contributed by atoms with van der Waals surface area (Å²) in [6.45, 7) is 6.24. The Hall–Kier alpha value is -1.94. The van der Waals surface area contributed by atoms with E-state index in [2.05, 4.69) is 30.9 Å². The molecule has 0 N–H and O–H groups in total. The van der Waals surface area contributed by atoms with Gasteiger partial charge in [-0.3, -0.25) is 0 Å². The number of hydrogen-bond acceptors (Lipinski definition) is 3. The number of piperidine rings is 1. The van der Waals surface area contributed by atoms with E-state index in [1.165, 1.54) is 5.69 Å². The van der Waals surface area contributed by atoms with Gasteiger partial charge in [0.25, 0.3) is 0 Å². The molecule has 0 aliphatic carbocycles. The molecule has 126 valence electrons. The molecule has 0 radical (unpaired) electrons. The lowest BCUT2D eigenvalue weighted by atomic mass is 9.93. The van der Waals surface area contributed by atoms with Crippen LogP contribution in [0.5, 0.6) is 0 Å². The Labute approximate surface area is 147 Å². The molecule has 0 unspecified atom stereocenters. The predicted octanol–water partition coefficient (Wildman–Crippen LogP) is 4.36. The van der Waals surface area contributed by atoms with Crippen LogP contribution in [0.1, 0.15) is 38.3 Å². The first-order valence-electron chi connectivity index (χ1n) is 8.48. The monoisotopic (exact) mass is 343 g/mol. The van der Waals surface area contributed by atoms with Crippen LogP contribution in [0.15, 0.2) is 48.5 Å². The maximum Gasteiger partial charge on any atom is 0.190 e. The minimum absolute atomic E-state index is 0.0937. The van der Waals surface area contributed by atoms with Crippen molar-refractivity contribution in [2.75, 3.05) is 13.1 Å². The molecular weight excluding hydrogens is 322 g/mol. The van der Waals surface area contributed by atoms with Crippen LogP contribution in [0.2, 0.25) is 5.02 Å². The second-order valence-corrected chi connectivity index (χ2v) is 7.55. The van der Waals surface area contributed by atoms with Crippen molar-refractivity contribution in [1.82, 2.24) is 14.7 Å². The van der Waals surface area contributed by atoms with Gasteiger partial charge in [-0.2, -0.15) is 5.10 Å². The lowest BCUT2D eigenvalue weighted by Crippen LogP contribution is -2.42. The van der Waals surface area contributed by atoms with Crippen molar-refractivity contribution in [2.24, 2.45) is 0 Å². The lowest BCUT2D eigenvalue weighted by Gasteiger charge is -2.42. The molecule has 2 aromatic rings. The zero-order valence-corrected chi connectivity index (χ0v) is 14.8. The number of halogens is 1. The van der Waals surface area contributed by atoms with E-state index < -0.39 is 0 Å². The molecule has 4 nitrogen and oxygen atoms in total. The molecule has 0 amide bonds. The van der Waals surface area contributed by atoms with Gasteiger partial charge in [0, 0.05) is 36.3 Å². The SMILES string of the molecule is CC1(C)C=C(N2CCC(c3ccn(-c4ccc(Cl)cc4)n3)CC2)O1. The third-order valence-corrected chi connectivity index (χ3v) is 5.02. The molecule has 2 aliphatic rings. The highest BCUT2D eigenvalue weighted by Crippen LogP contribution is 2.35. The topological polar surface area (TPSA) is 30.3 Å². The molecule has 4 rings (SSSR count). The van der Waals surface area contributed by atoms with Gasteiger partial charge in [-0.15, -0.1) is 0 Å². The van der Waals surface area contributed by atoms with Gasteiger partial charge in [-0.1, -0.05) is 11.6 Å². The largest absolute Gasteiger partial charge is 0.469 e. The second kappa shape index (κ2) is 5.85. The van der Waals surface area contributed by atoms with Gasteiger partial charge in [0.1, 0.15) is 5.60 Å². The normalized spacial score (nSPS) is 20.3. The molecule has 1 aromatic heterocycles. The molecule has 0 bridgehead atoms. The summed E-state index contributed by atoms with van der Waals surface area (Å²) in [7, 11) is 0. The fourth-order valence-corrected chi connectivity index (χ4v) is 3.54. The fourth-order valence-electron chi connectivity index (χ4n) is 3.41. The van der Waals surface area contributed by atoms with Gasteiger partial charge < -0.3 is 9.64 Å². The minimum atomic E-state index is -0.0937. The Balaban J connectivity index is 1.41. The number of benzene rings is 1. The maximum absolute atomic E-state index is 5.95. The fraction of sp³-hybridized carbons (Fsp3) is 0.421. The molecule has 0 spiro atoms. The van der Waals surface area contributed by atoms with Gasteiger partial charge in [-0.05, 0) is 57.0 Å². The van der Waals surface area contributed by atoms with Gasteiger partial charge in [0.15, 0.2) is 5.88 Å². The Kier molecular flexibility index (Phi) is 3.80. The smallest absolute Gasteiger partial charge is 0.190 e. The summed E-state index contributed by atoms with van der Waals surface area (Å²) in [5.41, 5.74) is 2.12. The van der Waals surface area contributed by atoms with Crippen molar-refractivity contribution in [3.05, 3.63) is 59.2 Å². The molecule has 3 heterocycles. The first-order chi connectivity index (χ1) is 11.5. The van der Waals surface area contributed by atoms with E-state index >= 15 is 0 Å². The number of hydrogen-bond donors (Lipinski definition) is 0. The van der Waals surface area contributed by atoms with E-state index in [1.807, 2.05) is 35.1 Å². The number of likely N-dealkylation sites (tertiary alicyclic amines) is 1. The van der Waals surface area contributed by atoms with E-state index in [4.69, 9.17) is 21.4 Å². The molecular formula is C19H22ClN3O. The Morgan fingerprint density at radius 3 is 2.42 bits per heavy atom. The molecule has 5 heteroatoms. The highest BCUT2D eigenvalue weighted by molar-refractivity contribution is 6.30. The van der Waals surface area contributed by atoms with E-state index in [-0.39, 0.29) is 5.60 Å². The van der Waals surface area contributed by atoms with Crippen LogP contribution in [-0.4, -0.2) is 33.4 Å². The quantitative estimate of drug-likeness (QED) is 0.829. The average Bonchev–Trinajstić information content (AvgIpc) is 3.03. The molecule has 1 fully saturated rings. The molecule has 1 aromatic carbocycles. The van der Waals surface area contributed by atoms with Gasteiger partial charge in [0.05, 0.1) is 11.4 Å². The highest BCUT2D eigenvalue weighted by atomic mass is 35.5. The molecule has 0 saturated carbocycles. The highest BCUT2D eigenvalue weighted by Gasteiger charge is 2.34. The van der Waals surface area contributed by atoms with Crippen LogP contribution in [-0.2, 0) is 4.74 Å². The van der Waals surface area contributed by atoms with Crippen molar-refractivity contribution in [2.45, 2.75) is 38.2 Å². The summed E-state index contributed by atoms with van der Waals surface area (Å²) < 4.78 is 7.76. The van der Waals surface area contributed by atoms with Gasteiger partial charge in [0.2, 0.25) is 0 Å². The lowest BCUT2D eigenvalue weighted by molar-refractivity contribution is -0.0349. The van der Waals surface area contributed by atoms with Gasteiger partial charge >= 0.3 is 0 Å². The predicted molar refractivity (Wildman–Crippen MR) is 95.4 cm³/mol. The summed E-state index contributed by atoms with van der Waals surface area (Å²) in [6, 6.07) is 9.90. The van der Waals surface area contributed by atoms with Crippen molar-refractivity contribution in [3.63, 3.8) is 0 Å². The first kappa shape index (κ1) is 15.6. The summed E-state index contributed by atoms with van der Waals surface area (Å²) >= 11 is 5.95. The first-order valence-corrected chi connectivity index (χ1v) is 8.86. The van der Waals surface area contributed by atoms with Crippen LogP contribution in [0.3, 0.4) is 0 Å². The number of nitrogens with zero attached hydrogens (tertiary/aromatic N) is 3. The average molecular weight is 344 g/mol. The maximum atomic E-state index is 5.95. The van der Waals surface area contributed by atoms with Crippen molar-refractivity contribution >= 4 is 11.6 Å². The molecule has 24 heavy (non-hydrogen) atoms.